The molecule has 0 aliphatic carbocycles. The fraction of sp³-hybridized carbons (Fsp3) is 1.00. The van der Waals surface area contributed by atoms with Crippen molar-refractivity contribution in [3.8, 4) is 0 Å². The number of nitrogens with one attached hydrogen (secondary N) is 1. The molecular formula is C15H29NO. The first-order valence-corrected chi connectivity index (χ1v) is 7.27. The van der Waals surface area contributed by atoms with E-state index in [1.54, 1.807) is 0 Å². The second kappa shape index (κ2) is 4.55. The van der Waals surface area contributed by atoms with Gasteiger partial charge >= 0.3 is 0 Å². The van der Waals surface area contributed by atoms with Crippen molar-refractivity contribution in [2.75, 3.05) is 6.54 Å². The van der Waals surface area contributed by atoms with Gasteiger partial charge in [0.2, 0.25) is 0 Å². The number of rotatable bonds is 2. The fourth-order valence-corrected chi connectivity index (χ4v) is 3.94. The molecule has 0 amide bonds. The van der Waals surface area contributed by atoms with Crippen LogP contribution in [0, 0.1) is 11.8 Å². The average molecular weight is 239 g/mol. The summed E-state index contributed by atoms with van der Waals surface area (Å²) in [5.74, 6) is 1.58. The average Bonchev–Trinajstić information content (AvgIpc) is 2.47. The Bertz CT molecular complexity index is 272. The highest BCUT2D eigenvalue weighted by Crippen LogP contribution is 2.45. The van der Waals surface area contributed by atoms with Crippen LogP contribution in [0.25, 0.3) is 0 Å². The highest BCUT2D eigenvalue weighted by atomic mass is 16.5. The molecule has 2 fully saturated rings. The Hall–Kier alpha value is -0.0800. The van der Waals surface area contributed by atoms with E-state index < -0.39 is 0 Å². The first kappa shape index (κ1) is 13.4. The van der Waals surface area contributed by atoms with Crippen LogP contribution in [0.1, 0.15) is 60.3 Å². The molecule has 3 atom stereocenters. The van der Waals surface area contributed by atoms with Crippen molar-refractivity contribution in [2.45, 2.75) is 77.5 Å². The van der Waals surface area contributed by atoms with Gasteiger partial charge in [-0.15, -0.1) is 0 Å². The molecule has 17 heavy (non-hydrogen) atoms. The van der Waals surface area contributed by atoms with Crippen LogP contribution < -0.4 is 5.32 Å². The smallest absolute Gasteiger partial charge is 0.0677 e. The fourth-order valence-electron chi connectivity index (χ4n) is 3.94. The van der Waals surface area contributed by atoms with E-state index in [9.17, 15) is 0 Å². The van der Waals surface area contributed by atoms with Gasteiger partial charge in [0.1, 0.15) is 0 Å². The van der Waals surface area contributed by atoms with Gasteiger partial charge < -0.3 is 10.1 Å². The lowest BCUT2D eigenvalue weighted by Gasteiger charge is -2.38. The van der Waals surface area contributed by atoms with E-state index in [0.29, 0.717) is 12.0 Å². The molecule has 0 saturated carbocycles. The second-order valence-electron chi connectivity index (χ2n) is 7.14. The molecule has 0 aromatic heterocycles. The quantitative estimate of drug-likeness (QED) is 0.798. The Balaban J connectivity index is 2.06. The van der Waals surface area contributed by atoms with E-state index in [-0.39, 0.29) is 11.2 Å². The van der Waals surface area contributed by atoms with Crippen LogP contribution in [0.5, 0.6) is 0 Å². The van der Waals surface area contributed by atoms with Gasteiger partial charge in [-0.25, -0.2) is 0 Å². The Kier molecular flexibility index (Phi) is 3.57. The highest BCUT2D eigenvalue weighted by molar-refractivity contribution is 5.00. The summed E-state index contributed by atoms with van der Waals surface area (Å²) in [6.07, 6.45) is 5.21. The number of piperidine rings is 1. The number of ether oxygens (including phenoxy) is 1. The highest BCUT2D eigenvalue weighted by Gasteiger charge is 2.49. The van der Waals surface area contributed by atoms with E-state index in [1.807, 2.05) is 0 Å². The zero-order chi connectivity index (χ0) is 12.7. The van der Waals surface area contributed by atoms with Gasteiger partial charge in [-0.2, -0.15) is 0 Å². The third-order valence-electron chi connectivity index (χ3n) is 4.75. The van der Waals surface area contributed by atoms with Crippen LogP contribution in [-0.2, 0) is 4.74 Å². The summed E-state index contributed by atoms with van der Waals surface area (Å²) in [5.41, 5.74) is 0.0752. The lowest BCUT2D eigenvalue weighted by molar-refractivity contribution is -0.0790. The third-order valence-corrected chi connectivity index (χ3v) is 4.75. The van der Waals surface area contributed by atoms with E-state index in [2.05, 4.69) is 39.9 Å². The second-order valence-corrected chi connectivity index (χ2v) is 7.14. The van der Waals surface area contributed by atoms with Crippen LogP contribution in [0.15, 0.2) is 0 Å². The van der Waals surface area contributed by atoms with Crippen molar-refractivity contribution in [2.24, 2.45) is 11.8 Å². The lowest BCUT2D eigenvalue weighted by Crippen LogP contribution is -2.48. The zero-order valence-corrected chi connectivity index (χ0v) is 12.2. The van der Waals surface area contributed by atoms with Crippen molar-refractivity contribution >= 4 is 0 Å². The van der Waals surface area contributed by atoms with Crippen molar-refractivity contribution < 1.29 is 4.74 Å². The third kappa shape index (κ3) is 2.85. The molecule has 3 unspecified atom stereocenters. The molecule has 2 aliphatic heterocycles. The van der Waals surface area contributed by atoms with Crippen molar-refractivity contribution in [3.63, 3.8) is 0 Å². The van der Waals surface area contributed by atoms with Gasteiger partial charge in [-0.3, -0.25) is 0 Å². The van der Waals surface area contributed by atoms with Gasteiger partial charge in [0.15, 0.2) is 0 Å². The predicted molar refractivity (Wildman–Crippen MR) is 72.2 cm³/mol. The van der Waals surface area contributed by atoms with Crippen molar-refractivity contribution in [1.29, 1.82) is 0 Å². The number of hydrogen-bond donors (Lipinski definition) is 1. The monoisotopic (exact) mass is 239 g/mol. The van der Waals surface area contributed by atoms with Gasteiger partial charge in [-0.05, 0) is 59.4 Å². The Morgan fingerprint density at radius 1 is 1.24 bits per heavy atom. The molecule has 0 aromatic carbocycles. The molecule has 2 heteroatoms. The molecule has 2 rings (SSSR count). The van der Waals surface area contributed by atoms with Crippen LogP contribution in [0.2, 0.25) is 0 Å². The molecule has 100 valence electrons. The molecule has 2 heterocycles. The minimum Gasteiger partial charge on any atom is -0.369 e. The van der Waals surface area contributed by atoms with Crippen LogP contribution >= 0.6 is 0 Å². The number of hydrogen-bond acceptors (Lipinski definition) is 2. The summed E-state index contributed by atoms with van der Waals surface area (Å²) < 4.78 is 6.23. The SMILES string of the molecule is CCC1CCNC(C2CC(C)(C)OC2(C)C)C1. The maximum Gasteiger partial charge on any atom is 0.0677 e. The predicted octanol–water partition coefficient (Wildman–Crippen LogP) is 3.36. The van der Waals surface area contributed by atoms with Gasteiger partial charge in [-0.1, -0.05) is 13.3 Å². The van der Waals surface area contributed by atoms with Crippen LogP contribution in [0.4, 0.5) is 0 Å². The van der Waals surface area contributed by atoms with Crippen LogP contribution in [-0.4, -0.2) is 23.8 Å². The van der Waals surface area contributed by atoms with E-state index in [1.165, 1.54) is 32.2 Å². The standard InChI is InChI=1S/C15H29NO/c1-6-11-7-8-16-13(9-11)12-10-14(2,3)17-15(12,4)5/h11-13,16H,6-10H2,1-5H3. The molecule has 0 bridgehead atoms. The normalized spacial score (nSPS) is 40.4. The Morgan fingerprint density at radius 3 is 2.47 bits per heavy atom. The van der Waals surface area contributed by atoms with Crippen molar-refractivity contribution in [3.05, 3.63) is 0 Å². The maximum atomic E-state index is 6.23. The van der Waals surface area contributed by atoms with Gasteiger partial charge in [0.05, 0.1) is 11.2 Å². The maximum absolute atomic E-state index is 6.23. The molecule has 0 aromatic rings. The summed E-state index contributed by atoms with van der Waals surface area (Å²) in [7, 11) is 0. The topological polar surface area (TPSA) is 21.3 Å². The van der Waals surface area contributed by atoms with E-state index >= 15 is 0 Å². The first-order chi connectivity index (χ1) is 7.84. The summed E-state index contributed by atoms with van der Waals surface area (Å²) >= 11 is 0. The molecule has 2 nitrogen and oxygen atoms in total. The minimum absolute atomic E-state index is 0.0246. The summed E-state index contributed by atoms with van der Waals surface area (Å²) in [4.78, 5) is 0. The van der Waals surface area contributed by atoms with Gasteiger partial charge in [0.25, 0.3) is 0 Å². The molecule has 1 N–H and O–H groups in total. The summed E-state index contributed by atoms with van der Waals surface area (Å²) in [5, 5.41) is 3.74. The summed E-state index contributed by atoms with van der Waals surface area (Å²) in [6.45, 7) is 12.5. The van der Waals surface area contributed by atoms with E-state index in [4.69, 9.17) is 4.74 Å². The molecule has 0 spiro atoms. The molecule has 0 radical (unpaired) electrons. The van der Waals surface area contributed by atoms with Crippen LogP contribution in [0.3, 0.4) is 0 Å². The summed E-state index contributed by atoms with van der Waals surface area (Å²) in [6, 6.07) is 0.658. The Morgan fingerprint density at radius 2 is 1.94 bits per heavy atom. The molecule has 2 aliphatic rings. The Labute approximate surface area is 107 Å². The van der Waals surface area contributed by atoms with Gasteiger partial charge in [0, 0.05) is 12.0 Å². The largest absolute Gasteiger partial charge is 0.369 e. The molecular weight excluding hydrogens is 210 g/mol. The van der Waals surface area contributed by atoms with E-state index in [0.717, 1.165) is 5.92 Å². The minimum atomic E-state index is 0.0246. The first-order valence-electron chi connectivity index (χ1n) is 7.27. The van der Waals surface area contributed by atoms with Crippen molar-refractivity contribution in [1.82, 2.24) is 5.32 Å². The lowest BCUT2D eigenvalue weighted by atomic mass is 9.76. The zero-order valence-electron chi connectivity index (χ0n) is 12.2. The molecule has 2 saturated heterocycles.